The fraction of sp³-hybridized carbons (Fsp3) is 0.250. The number of primary amides is 1. The van der Waals surface area contributed by atoms with E-state index in [2.05, 4.69) is 40.3 Å². The molecule has 2 rings (SSSR count). The molecule has 0 aliphatic carbocycles. The zero-order valence-electron chi connectivity index (χ0n) is 12.6. The monoisotopic (exact) mass is 284 g/mol. The number of nitrogens with zero attached hydrogens (tertiary/aromatic N) is 2. The van der Waals surface area contributed by atoms with E-state index in [1.807, 2.05) is 14.1 Å². The van der Waals surface area contributed by atoms with Gasteiger partial charge in [-0.3, -0.25) is 9.78 Å². The largest absolute Gasteiger partial charge is 0.380 e. The third-order valence-corrected chi connectivity index (χ3v) is 3.28. The summed E-state index contributed by atoms with van der Waals surface area (Å²) in [4.78, 5) is 17.4. The van der Waals surface area contributed by atoms with Gasteiger partial charge in [-0.2, -0.15) is 0 Å². The third-order valence-electron chi connectivity index (χ3n) is 3.28. The molecule has 21 heavy (non-hydrogen) atoms. The molecule has 110 valence electrons. The van der Waals surface area contributed by atoms with Crippen LogP contribution in [0.5, 0.6) is 0 Å². The summed E-state index contributed by atoms with van der Waals surface area (Å²) in [6.07, 6.45) is 3.11. The standard InChI is InChI=1S/C16H20N4O/c1-11-4-5-12(15(8-11)20(2)3)9-19-14-6-7-18-10-13(14)16(17)21/h4-8,10H,9H2,1-3H3,(H2,17,21)(H,18,19). The minimum Gasteiger partial charge on any atom is -0.380 e. The first-order chi connectivity index (χ1) is 9.99. The van der Waals surface area contributed by atoms with Crippen molar-refractivity contribution in [2.45, 2.75) is 13.5 Å². The number of rotatable bonds is 5. The normalized spacial score (nSPS) is 10.2. The zero-order chi connectivity index (χ0) is 15.4. The number of aryl methyl sites for hydroxylation is 1. The Bertz CT molecular complexity index is 652. The molecule has 1 aromatic heterocycles. The van der Waals surface area contributed by atoms with Crippen molar-refractivity contribution in [2.75, 3.05) is 24.3 Å². The van der Waals surface area contributed by atoms with Gasteiger partial charge in [0.1, 0.15) is 0 Å². The predicted octanol–water partition coefficient (Wildman–Crippen LogP) is 2.17. The second-order valence-electron chi connectivity index (χ2n) is 5.17. The van der Waals surface area contributed by atoms with E-state index in [1.165, 1.54) is 11.8 Å². The second kappa shape index (κ2) is 6.26. The average molecular weight is 284 g/mol. The van der Waals surface area contributed by atoms with Crippen LogP contribution in [0.15, 0.2) is 36.7 Å². The highest BCUT2D eigenvalue weighted by Crippen LogP contribution is 2.22. The van der Waals surface area contributed by atoms with Crippen molar-refractivity contribution in [3.05, 3.63) is 53.3 Å². The van der Waals surface area contributed by atoms with Crippen LogP contribution in [0.3, 0.4) is 0 Å². The van der Waals surface area contributed by atoms with Gasteiger partial charge >= 0.3 is 0 Å². The predicted molar refractivity (Wildman–Crippen MR) is 85.6 cm³/mol. The van der Waals surface area contributed by atoms with Crippen molar-refractivity contribution in [1.29, 1.82) is 0 Å². The molecule has 0 fully saturated rings. The lowest BCUT2D eigenvalue weighted by Crippen LogP contribution is -2.16. The van der Waals surface area contributed by atoms with Crippen molar-refractivity contribution in [1.82, 2.24) is 4.98 Å². The highest BCUT2D eigenvalue weighted by atomic mass is 16.1. The van der Waals surface area contributed by atoms with Gasteiger partial charge in [0.2, 0.25) is 0 Å². The molecule has 0 aliphatic rings. The van der Waals surface area contributed by atoms with Crippen LogP contribution in [0.1, 0.15) is 21.5 Å². The van der Waals surface area contributed by atoms with Crippen LogP contribution < -0.4 is 16.0 Å². The zero-order valence-corrected chi connectivity index (χ0v) is 12.6. The molecule has 1 heterocycles. The molecule has 1 amide bonds. The van der Waals surface area contributed by atoms with Crippen molar-refractivity contribution < 1.29 is 4.79 Å². The van der Waals surface area contributed by atoms with Crippen LogP contribution in [-0.4, -0.2) is 25.0 Å². The quantitative estimate of drug-likeness (QED) is 0.882. The van der Waals surface area contributed by atoms with E-state index < -0.39 is 5.91 Å². The maximum Gasteiger partial charge on any atom is 0.252 e. The van der Waals surface area contributed by atoms with Crippen molar-refractivity contribution in [2.24, 2.45) is 5.73 Å². The number of carbonyl (C=O) groups is 1. The molecule has 3 N–H and O–H groups in total. The average Bonchev–Trinajstić information content (AvgIpc) is 2.46. The maximum atomic E-state index is 11.4. The Morgan fingerprint density at radius 2 is 2.10 bits per heavy atom. The summed E-state index contributed by atoms with van der Waals surface area (Å²) < 4.78 is 0. The van der Waals surface area contributed by atoms with Gasteiger partial charge in [-0.1, -0.05) is 12.1 Å². The Morgan fingerprint density at radius 1 is 1.33 bits per heavy atom. The van der Waals surface area contributed by atoms with Gasteiger partial charge in [0.05, 0.1) is 11.3 Å². The van der Waals surface area contributed by atoms with Gasteiger partial charge in [-0.25, -0.2) is 0 Å². The van der Waals surface area contributed by atoms with Gasteiger partial charge in [0.25, 0.3) is 5.91 Å². The molecule has 0 radical (unpaired) electrons. The molecule has 0 bridgehead atoms. The van der Waals surface area contributed by atoms with E-state index >= 15 is 0 Å². The van der Waals surface area contributed by atoms with Gasteiger partial charge in [0.15, 0.2) is 0 Å². The number of amides is 1. The van der Waals surface area contributed by atoms with Crippen molar-refractivity contribution in [3.63, 3.8) is 0 Å². The van der Waals surface area contributed by atoms with E-state index in [-0.39, 0.29) is 0 Å². The van der Waals surface area contributed by atoms with E-state index in [4.69, 9.17) is 5.73 Å². The second-order valence-corrected chi connectivity index (χ2v) is 5.17. The summed E-state index contributed by atoms with van der Waals surface area (Å²) in [6.45, 7) is 2.68. The molecule has 5 nitrogen and oxygen atoms in total. The van der Waals surface area contributed by atoms with Crippen molar-refractivity contribution in [3.8, 4) is 0 Å². The molecule has 0 aliphatic heterocycles. The van der Waals surface area contributed by atoms with Gasteiger partial charge < -0.3 is 16.0 Å². The van der Waals surface area contributed by atoms with Gasteiger partial charge in [-0.05, 0) is 30.2 Å². The Labute approximate surface area is 124 Å². The summed E-state index contributed by atoms with van der Waals surface area (Å²) in [5, 5.41) is 3.26. The first-order valence-corrected chi connectivity index (χ1v) is 6.73. The molecule has 1 aromatic carbocycles. The lowest BCUT2D eigenvalue weighted by atomic mass is 10.1. The highest BCUT2D eigenvalue weighted by molar-refractivity contribution is 5.98. The number of hydrogen-bond donors (Lipinski definition) is 2. The third kappa shape index (κ3) is 3.51. The first kappa shape index (κ1) is 14.8. The lowest BCUT2D eigenvalue weighted by molar-refractivity contribution is 0.100. The molecule has 0 spiro atoms. The molecule has 5 heteroatoms. The number of benzene rings is 1. The molecular weight excluding hydrogens is 264 g/mol. The van der Waals surface area contributed by atoms with Crippen LogP contribution in [0, 0.1) is 6.92 Å². The summed E-state index contributed by atoms with van der Waals surface area (Å²) in [5.41, 5.74) is 9.96. The molecule has 0 unspecified atom stereocenters. The Morgan fingerprint density at radius 3 is 2.76 bits per heavy atom. The molecule has 2 aromatic rings. The Hall–Kier alpha value is -2.56. The lowest BCUT2D eigenvalue weighted by Gasteiger charge is -2.19. The van der Waals surface area contributed by atoms with Gasteiger partial charge in [-0.15, -0.1) is 0 Å². The summed E-state index contributed by atoms with van der Waals surface area (Å²) >= 11 is 0. The summed E-state index contributed by atoms with van der Waals surface area (Å²) in [6, 6.07) is 8.05. The van der Waals surface area contributed by atoms with Crippen LogP contribution >= 0.6 is 0 Å². The van der Waals surface area contributed by atoms with Gasteiger partial charge in [0, 0.05) is 38.7 Å². The van der Waals surface area contributed by atoms with E-state index in [0.717, 1.165) is 11.3 Å². The number of nitrogens with one attached hydrogen (secondary N) is 1. The molecular formula is C16H20N4O. The smallest absolute Gasteiger partial charge is 0.252 e. The number of pyridine rings is 1. The number of nitrogens with two attached hydrogens (primary N) is 1. The van der Waals surface area contributed by atoms with E-state index in [0.29, 0.717) is 17.8 Å². The minimum absolute atomic E-state index is 0.399. The Kier molecular flexibility index (Phi) is 4.42. The fourth-order valence-electron chi connectivity index (χ4n) is 2.18. The minimum atomic E-state index is -0.484. The topological polar surface area (TPSA) is 71.2 Å². The van der Waals surface area contributed by atoms with E-state index in [1.54, 1.807) is 12.3 Å². The van der Waals surface area contributed by atoms with E-state index in [9.17, 15) is 4.79 Å². The number of carbonyl (C=O) groups excluding carboxylic acids is 1. The van der Waals surface area contributed by atoms with Crippen LogP contribution in [0.4, 0.5) is 11.4 Å². The molecule has 0 saturated carbocycles. The summed E-state index contributed by atoms with van der Waals surface area (Å²) in [7, 11) is 4.03. The molecule has 0 saturated heterocycles. The molecule has 0 atom stereocenters. The van der Waals surface area contributed by atoms with Crippen LogP contribution in [0.2, 0.25) is 0 Å². The first-order valence-electron chi connectivity index (χ1n) is 6.73. The van der Waals surface area contributed by atoms with Crippen LogP contribution in [0.25, 0.3) is 0 Å². The maximum absolute atomic E-state index is 11.4. The van der Waals surface area contributed by atoms with Crippen molar-refractivity contribution >= 4 is 17.3 Å². The number of aromatic nitrogens is 1. The highest BCUT2D eigenvalue weighted by Gasteiger charge is 2.09. The number of anilines is 2. The summed E-state index contributed by atoms with van der Waals surface area (Å²) in [5.74, 6) is -0.484. The SMILES string of the molecule is Cc1ccc(CNc2ccncc2C(N)=O)c(N(C)C)c1. The Balaban J connectivity index is 2.23. The number of hydrogen-bond acceptors (Lipinski definition) is 4. The fourth-order valence-corrected chi connectivity index (χ4v) is 2.18. The van der Waals surface area contributed by atoms with Crippen LogP contribution in [-0.2, 0) is 6.54 Å².